The van der Waals surface area contributed by atoms with Gasteiger partial charge in [-0.2, -0.15) is 8.78 Å². The van der Waals surface area contributed by atoms with Crippen molar-refractivity contribution in [1.82, 2.24) is 5.32 Å². The summed E-state index contributed by atoms with van der Waals surface area (Å²) in [4.78, 5) is 25.7. The van der Waals surface area contributed by atoms with Gasteiger partial charge in [0.05, 0.1) is 5.41 Å². The van der Waals surface area contributed by atoms with Crippen LogP contribution in [0, 0.1) is 5.41 Å². The monoisotopic (exact) mass is 382 g/mol. The summed E-state index contributed by atoms with van der Waals surface area (Å²) in [5.41, 5.74) is -0.102. The third-order valence-corrected chi connectivity index (χ3v) is 5.79. The lowest BCUT2D eigenvalue weighted by atomic mass is 9.71. The topological polar surface area (TPSA) is 58.2 Å². The number of thioether (sulfide) groups is 1. The van der Waals surface area contributed by atoms with Crippen molar-refractivity contribution in [3.63, 3.8) is 0 Å². The highest BCUT2D eigenvalue weighted by atomic mass is 32.2. The Morgan fingerprint density at radius 1 is 1.12 bits per heavy atom. The van der Waals surface area contributed by atoms with E-state index in [2.05, 4.69) is 10.6 Å². The Bertz CT molecular complexity index is 641. The van der Waals surface area contributed by atoms with Crippen LogP contribution in [0.15, 0.2) is 29.2 Å². The average Bonchev–Trinajstić information content (AvgIpc) is 3.40. The van der Waals surface area contributed by atoms with E-state index < -0.39 is 11.2 Å². The van der Waals surface area contributed by atoms with Crippen molar-refractivity contribution < 1.29 is 18.4 Å². The molecule has 142 valence electrons. The van der Waals surface area contributed by atoms with E-state index in [0.29, 0.717) is 35.2 Å². The van der Waals surface area contributed by atoms with Crippen molar-refractivity contribution in [2.75, 3.05) is 5.32 Å². The molecule has 0 unspecified atom stereocenters. The van der Waals surface area contributed by atoms with Gasteiger partial charge >= 0.3 is 0 Å². The Kier molecular flexibility index (Phi) is 6.16. The van der Waals surface area contributed by atoms with Gasteiger partial charge in [-0.05, 0) is 49.9 Å². The lowest BCUT2D eigenvalue weighted by Crippen LogP contribution is -2.42. The van der Waals surface area contributed by atoms with Crippen LogP contribution in [0.5, 0.6) is 0 Å². The van der Waals surface area contributed by atoms with Crippen LogP contribution in [0.1, 0.15) is 51.4 Å². The van der Waals surface area contributed by atoms with Crippen molar-refractivity contribution in [3.05, 3.63) is 24.3 Å². The summed E-state index contributed by atoms with van der Waals surface area (Å²) in [6.07, 6.45) is 6.63. The molecule has 3 rings (SSSR count). The summed E-state index contributed by atoms with van der Waals surface area (Å²) >= 11 is 0.474. The maximum atomic E-state index is 13.0. The largest absolute Gasteiger partial charge is 0.353 e. The number of anilines is 1. The first-order valence-corrected chi connectivity index (χ1v) is 10.0. The molecule has 0 spiro atoms. The number of amides is 2. The number of alkyl halides is 2. The van der Waals surface area contributed by atoms with Gasteiger partial charge in [0.25, 0.3) is 5.76 Å². The molecule has 2 aliphatic carbocycles. The molecule has 2 aliphatic rings. The van der Waals surface area contributed by atoms with Crippen molar-refractivity contribution >= 4 is 29.3 Å². The summed E-state index contributed by atoms with van der Waals surface area (Å²) in [6.45, 7) is 0. The third kappa shape index (κ3) is 5.19. The molecule has 0 aliphatic heterocycles. The van der Waals surface area contributed by atoms with Crippen molar-refractivity contribution in [2.24, 2.45) is 5.41 Å². The lowest BCUT2D eigenvalue weighted by molar-refractivity contribution is -0.134. The van der Waals surface area contributed by atoms with E-state index in [4.69, 9.17) is 0 Å². The van der Waals surface area contributed by atoms with E-state index in [1.54, 1.807) is 24.3 Å². The van der Waals surface area contributed by atoms with Gasteiger partial charge in [0.1, 0.15) is 0 Å². The van der Waals surface area contributed by atoms with E-state index in [9.17, 15) is 18.4 Å². The quantitative estimate of drug-likeness (QED) is 0.680. The van der Waals surface area contributed by atoms with Gasteiger partial charge in [-0.15, -0.1) is 0 Å². The van der Waals surface area contributed by atoms with E-state index in [1.807, 2.05) is 0 Å². The van der Waals surface area contributed by atoms with Crippen molar-refractivity contribution in [2.45, 2.75) is 68.1 Å². The molecule has 0 saturated heterocycles. The molecule has 0 heterocycles. The fraction of sp³-hybridized carbons (Fsp3) is 0.579. The molecule has 1 aromatic carbocycles. The van der Waals surface area contributed by atoms with Gasteiger partial charge in [-0.25, -0.2) is 0 Å². The molecule has 0 aromatic heterocycles. The molecular weight excluding hydrogens is 358 g/mol. The summed E-state index contributed by atoms with van der Waals surface area (Å²) in [6, 6.07) is 6.68. The predicted octanol–water partition coefficient (Wildman–Crippen LogP) is 4.56. The number of carbonyl (C=O) groups is 2. The number of halogens is 2. The number of carbonyl (C=O) groups excluding carboxylic acids is 2. The van der Waals surface area contributed by atoms with E-state index in [1.165, 1.54) is 0 Å². The fourth-order valence-electron chi connectivity index (χ4n) is 3.51. The maximum Gasteiger partial charge on any atom is 0.288 e. The van der Waals surface area contributed by atoms with Crippen LogP contribution < -0.4 is 10.6 Å². The molecule has 26 heavy (non-hydrogen) atoms. The number of nitrogens with one attached hydrogen (secondary N) is 2. The number of rotatable bonds is 7. The van der Waals surface area contributed by atoms with Gasteiger partial charge in [-0.1, -0.05) is 31.0 Å². The minimum atomic E-state index is -2.47. The van der Waals surface area contributed by atoms with Crippen LogP contribution >= 0.6 is 11.8 Å². The molecule has 7 heteroatoms. The van der Waals surface area contributed by atoms with Crippen molar-refractivity contribution in [3.8, 4) is 0 Å². The normalized spacial score (nSPS) is 19.2. The zero-order valence-electron chi connectivity index (χ0n) is 14.6. The zero-order valence-corrected chi connectivity index (χ0v) is 15.4. The molecule has 2 fully saturated rings. The molecule has 1 aromatic rings. The SMILES string of the molecule is O=C(CC1(C(=O)Nc2ccc(SC(F)F)cc2)CCCCC1)NC1CC1. The standard InChI is InChI=1S/C19H24F2N2O2S/c20-18(21)26-15-8-6-14(7-9-15)23-17(25)19(10-2-1-3-11-19)12-16(24)22-13-4-5-13/h6-9,13,18H,1-5,10-12H2,(H,22,24)(H,23,25). The van der Waals surface area contributed by atoms with Crippen LogP contribution in [0.2, 0.25) is 0 Å². The van der Waals surface area contributed by atoms with Gasteiger partial charge in [0.2, 0.25) is 11.8 Å². The third-order valence-electron chi connectivity index (χ3n) is 5.07. The number of benzene rings is 1. The zero-order chi connectivity index (χ0) is 18.6. The molecule has 0 atom stereocenters. The van der Waals surface area contributed by atoms with E-state index in [-0.39, 0.29) is 24.3 Å². The number of hydrogen-bond donors (Lipinski definition) is 2. The second-order valence-corrected chi connectivity index (χ2v) is 8.28. The van der Waals surface area contributed by atoms with Crippen LogP contribution in [-0.2, 0) is 9.59 Å². The first-order valence-electron chi connectivity index (χ1n) is 9.13. The Morgan fingerprint density at radius 3 is 2.35 bits per heavy atom. The number of hydrogen-bond acceptors (Lipinski definition) is 3. The smallest absolute Gasteiger partial charge is 0.288 e. The van der Waals surface area contributed by atoms with Gasteiger partial charge in [-0.3, -0.25) is 9.59 Å². The Labute approximate surface area is 156 Å². The molecule has 0 radical (unpaired) electrons. The van der Waals surface area contributed by atoms with Crippen LogP contribution in [0.4, 0.5) is 14.5 Å². The highest BCUT2D eigenvalue weighted by Gasteiger charge is 2.42. The van der Waals surface area contributed by atoms with Gasteiger partial charge < -0.3 is 10.6 Å². The molecular formula is C19H24F2N2O2S. The maximum absolute atomic E-state index is 13.0. The molecule has 4 nitrogen and oxygen atoms in total. The Morgan fingerprint density at radius 2 is 1.77 bits per heavy atom. The highest BCUT2D eigenvalue weighted by molar-refractivity contribution is 7.99. The first kappa shape index (κ1) is 19.1. The van der Waals surface area contributed by atoms with Crippen LogP contribution in [0.3, 0.4) is 0 Å². The summed E-state index contributed by atoms with van der Waals surface area (Å²) in [5.74, 6) is -2.66. The highest BCUT2D eigenvalue weighted by Crippen LogP contribution is 2.41. The first-order chi connectivity index (χ1) is 12.5. The van der Waals surface area contributed by atoms with Crippen LogP contribution in [-0.4, -0.2) is 23.6 Å². The predicted molar refractivity (Wildman–Crippen MR) is 98.2 cm³/mol. The molecule has 2 N–H and O–H groups in total. The summed E-state index contributed by atoms with van der Waals surface area (Å²) in [7, 11) is 0. The summed E-state index contributed by atoms with van der Waals surface area (Å²) < 4.78 is 24.8. The fourth-order valence-corrected chi connectivity index (χ4v) is 4.01. The second-order valence-electron chi connectivity index (χ2n) is 7.22. The molecule has 0 bridgehead atoms. The van der Waals surface area contributed by atoms with Gasteiger partial charge in [0, 0.05) is 23.0 Å². The minimum Gasteiger partial charge on any atom is -0.353 e. The Balaban J connectivity index is 1.65. The molecule has 2 amide bonds. The lowest BCUT2D eigenvalue weighted by Gasteiger charge is -2.35. The Hall–Kier alpha value is -1.63. The average molecular weight is 382 g/mol. The van der Waals surface area contributed by atoms with Gasteiger partial charge in [0.15, 0.2) is 0 Å². The van der Waals surface area contributed by atoms with E-state index >= 15 is 0 Å². The minimum absolute atomic E-state index is 0.0479. The molecule has 2 saturated carbocycles. The summed E-state index contributed by atoms with van der Waals surface area (Å²) in [5, 5.41) is 5.87. The van der Waals surface area contributed by atoms with Crippen LogP contribution in [0.25, 0.3) is 0 Å². The van der Waals surface area contributed by atoms with E-state index in [0.717, 1.165) is 32.1 Å². The second kappa shape index (κ2) is 8.37. The van der Waals surface area contributed by atoms with Crippen molar-refractivity contribution in [1.29, 1.82) is 0 Å².